The van der Waals surface area contributed by atoms with Crippen LogP contribution in [0.4, 0.5) is 14.9 Å². The van der Waals surface area contributed by atoms with Crippen LogP contribution >= 0.6 is 0 Å². The predicted molar refractivity (Wildman–Crippen MR) is 101 cm³/mol. The van der Waals surface area contributed by atoms with Crippen LogP contribution in [-0.2, 0) is 9.47 Å². The second kappa shape index (κ2) is 8.28. The molecule has 0 bridgehead atoms. The molecule has 1 N–H and O–H groups in total. The van der Waals surface area contributed by atoms with Gasteiger partial charge in [-0.25, -0.2) is 14.0 Å². The number of pyridine rings is 1. The predicted octanol–water partition coefficient (Wildman–Crippen LogP) is 2.12. The summed E-state index contributed by atoms with van der Waals surface area (Å²) < 4.78 is 24.6. The summed E-state index contributed by atoms with van der Waals surface area (Å²) in [5.74, 6) is -1.31. The maximum absolute atomic E-state index is 14.7. The molecule has 1 saturated heterocycles. The first kappa shape index (κ1) is 19.7. The zero-order chi connectivity index (χ0) is 20.3. The second-order valence-corrected chi connectivity index (χ2v) is 6.27. The molecule has 1 fully saturated rings. The van der Waals surface area contributed by atoms with Gasteiger partial charge in [-0.2, -0.15) is 0 Å². The first-order valence-electron chi connectivity index (χ1n) is 9.15. The Morgan fingerprint density at radius 2 is 1.79 bits per heavy atom. The Morgan fingerprint density at radius 3 is 2.43 bits per heavy atom. The van der Waals surface area contributed by atoms with E-state index in [0.29, 0.717) is 44.0 Å². The third kappa shape index (κ3) is 3.78. The lowest BCUT2D eigenvalue weighted by Gasteiger charge is -2.35. The number of piperazine rings is 1. The number of benzene rings is 1. The fourth-order valence-electron chi connectivity index (χ4n) is 3.18. The van der Waals surface area contributed by atoms with Crippen LogP contribution in [0.25, 0.3) is 10.9 Å². The maximum atomic E-state index is 14.7. The highest BCUT2D eigenvalue weighted by atomic mass is 19.1. The van der Waals surface area contributed by atoms with Gasteiger partial charge in [0.15, 0.2) is 0 Å². The SMILES string of the molecule is CCOC(=O)c1c[nH]c2cc(N3CCN(C(=O)OCC)CC3)c(F)cc2c1=O. The second-order valence-electron chi connectivity index (χ2n) is 6.27. The summed E-state index contributed by atoms with van der Waals surface area (Å²) in [6.07, 6.45) is 0.903. The van der Waals surface area contributed by atoms with Crippen LogP contribution in [0.5, 0.6) is 0 Å². The van der Waals surface area contributed by atoms with Crippen molar-refractivity contribution in [3.8, 4) is 0 Å². The molecule has 150 valence electrons. The van der Waals surface area contributed by atoms with Gasteiger partial charge >= 0.3 is 12.1 Å². The van der Waals surface area contributed by atoms with E-state index >= 15 is 0 Å². The molecule has 3 rings (SSSR count). The minimum Gasteiger partial charge on any atom is -0.462 e. The van der Waals surface area contributed by atoms with E-state index in [1.807, 2.05) is 4.90 Å². The van der Waals surface area contributed by atoms with Gasteiger partial charge in [-0.1, -0.05) is 0 Å². The van der Waals surface area contributed by atoms with Crippen molar-refractivity contribution >= 4 is 28.7 Å². The Labute approximate surface area is 160 Å². The molecule has 0 aliphatic carbocycles. The normalized spacial score (nSPS) is 14.2. The highest BCUT2D eigenvalue weighted by Crippen LogP contribution is 2.25. The molecule has 1 aromatic heterocycles. The molecular weight excluding hydrogens is 369 g/mol. The highest BCUT2D eigenvalue weighted by molar-refractivity contribution is 5.94. The molecule has 1 aromatic carbocycles. The quantitative estimate of drug-likeness (QED) is 0.803. The molecule has 1 aliphatic heterocycles. The number of hydrogen-bond donors (Lipinski definition) is 1. The first-order chi connectivity index (χ1) is 13.5. The van der Waals surface area contributed by atoms with Gasteiger partial charge in [0.2, 0.25) is 5.43 Å². The van der Waals surface area contributed by atoms with Gasteiger partial charge < -0.3 is 24.3 Å². The van der Waals surface area contributed by atoms with Crippen LogP contribution in [0, 0.1) is 5.82 Å². The summed E-state index contributed by atoms with van der Waals surface area (Å²) in [4.78, 5) is 42.4. The van der Waals surface area contributed by atoms with Crippen molar-refractivity contribution < 1.29 is 23.5 Å². The standard InChI is InChI=1S/C19H22FN3O5/c1-3-27-18(25)13-11-21-15-10-16(14(20)9-12(15)17(13)24)22-5-7-23(8-6-22)19(26)28-4-2/h9-11H,3-8H2,1-2H3,(H,21,24). The van der Waals surface area contributed by atoms with Crippen molar-refractivity contribution in [2.24, 2.45) is 0 Å². The molecule has 2 aromatic rings. The van der Waals surface area contributed by atoms with E-state index in [1.54, 1.807) is 24.8 Å². The van der Waals surface area contributed by atoms with Gasteiger partial charge in [-0.15, -0.1) is 0 Å². The molecule has 1 amide bonds. The van der Waals surface area contributed by atoms with Gasteiger partial charge in [0.05, 0.1) is 24.4 Å². The number of nitrogens with zero attached hydrogens (tertiary/aromatic N) is 2. The topological polar surface area (TPSA) is 91.9 Å². The molecule has 0 saturated carbocycles. The molecule has 9 heteroatoms. The lowest BCUT2D eigenvalue weighted by Crippen LogP contribution is -2.49. The minimum absolute atomic E-state index is 0.0805. The smallest absolute Gasteiger partial charge is 0.409 e. The van der Waals surface area contributed by atoms with Gasteiger partial charge in [0.1, 0.15) is 11.4 Å². The maximum Gasteiger partial charge on any atom is 0.409 e. The lowest BCUT2D eigenvalue weighted by molar-refractivity contribution is 0.0524. The van der Waals surface area contributed by atoms with Gasteiger partial charge in [-0.05, 0) is 26.0 Å². The average Bonchev–Trinajstić information content (AvgIpc) is 2.69. The summed E-state index contributed by atoms with van der Waals surface area (Å²) >= 11 is 0. The largest absolute Gasteiger partial charge is 0.462 e. The fourth-order valence-corrected chi connectivity index (χ4v) is 3.18. The molecule has 0 unspecified atom stereocenters. The highest BCUT2D eigenvalue weighted by Gasteiger charge is 2.24. The Kier molecular flexibility index (Phi) is 5.81. The average molecular weight is 391 g/mol. The summed E-state index contributed by atoms with van der Waals surface area (Å²) in [6.45, 7) is 5.52. The molecule has 0 radical (unpaired) electrons. The number of hydrogen-bond acceptors (Lipinski definition) is 6. The number of rotatable bonds is 4. The van der Waals surface area contributed by atoms with Gasteiger partial charge in [-0.3, -0.25) is 4.79 Å². The zero-order valence-electron chi connectivity index (χ0n) is 15.8. The fraction of sp³-hybridized carbons (Fsp3) is 0.421. The van der Waals surface area contributed by atoms with Crippen molar-refractivity contribution in [2.75, 3.05) is 44.3 Å². The molecule has 2 heterocycles. The van der Waals surface area contributed by atoms with Crippen molar-refractivity contribution in [3.63, 3.8) is 0 Å². The van der Waals surface area contributed by atoms with Gasteiger partial charge in [0, 0.05) is 37.8 Å². The Morgan fingerprint density at radius 1 is 1.11 bits per heavy atom. The molecule has 0 spiro atoms. The van der Waals surface area contributed by atoms with Crippen LogP contribution in [0.2, 0.25) is 0 Å². The summed E-state index contributed by atoms with van der Waals surface area (Å²) in [5, 5.41) is 0.0805. The summed E-state index contributed by atoms with van der Waals surface area (Å²) in [6, 6.07) is 2.67. The Bertz CT molecular complexity index is 950. The number of halogens is 1. The van der Waals surface area contributed by atoms with Crippen molar-refractivity contribution in [1.29, 1.82) is 0 Å². The molecule has 1 aliphatic rings. The number of amides is 1. The van der Waals surface area contributed by atoms with E-state index in [0.717, 1.165) is 6.07 Å². The number of H-pyrrole nitrogens is 1. The molecule has 0 atom stereocenters. The number of carbonyl (C=O) groups excluding carboxylic acids is 2. The van der Waals surface area contributed by atoms with E-state index in [2.05, 4.69) is 4.98 Å². The van der Waals surface area contributed by atoms with Crippen molar-refractivity contribution in [1.82, 2.24) is 9.88 Å². The van der Waals surface area contributed by atoms with Crippen LogP contribution in [0.1, 0.15) is 24.2 Å². The van der Waals surface area contributed by atoms with Crippen LogP contribution in [0.15, 0.2) is 23.1 Å². The zero-order valence-corrected chi connectivity index (χ0v) is 15.8. The summed E-state index contributed by atoms with van der Waals surface area (Å²) in [5.41, 5.74) is 0.00662. The van der Waals surface area contributed by atoms with E-state index in [1.165, 1.54) is 6.20 Å². The van der Waals surface area contributed by atoms with E-state index in [-0.39, 0.29) is 23.6 Å². The lowest BCUT2D eigenvalue weighted by atomic mass is 10.1. The molecule has 8 nitrogen and oxygen atoms in total. The number of esters is 1. The van der Waals surface area contributed by atoms with Crippen molar-refractivity contribution in [2.45, 2.75) is 13.8 Å². The minimum atomic E-state index is -0.745. The monoisotopic (exact) mass is 391 g/mol. The third-order valence-electron chi connectivity index (χ3n) is 4.59. The third-order valence-corrected chi connectivity index (χ3v) is 4.59. The number of aromatic amines is 1. The number of ether oxygens (including phenoxy) is 2. The first-order valence-corrected chi connectivity index (χ1v) is 9.15. The van der Waals surface area contributed by atoms with Crippen LogP contribution in [-0.4, -0.2) is 61.3 Å². The Hall–Kier alpha value is -3.10. The number of aromatic nitrogens is 1. The number of anilines is 1. The van der Waals surface area contributed by atoms with E-state index in [4.69, 9.17) is 9.47 Å². The Balaban J connectivity index is 1.85. The van der Waals surface area contributed by atoms with E-state index in [9.17, 15) is 18.8 Å². The number of nitrogens with one attached hydrogen (secondary N) is 1. The molecular formula is C19H22FN3O5. The van der Waals surface area contributed by atoms with Crippen LogP contribution in [0.3, 0.4) is 0 Å². The van der Waals surface area contributed by atoms with Gasteiger partial charge in [0.25, 0.3) is 0 Å². The molecule has 28 heavy (non-hydrogen) atoms. The number of fused-ring (bicyclic) bond motifs is 1. The van der Waals surface area contributed by atoms with Crippen LogP contribution < -0.4 is 10.3 Å². The number of carbonyl (C=O) groups is 2. The van der Waals surface area contributed by atoms with E-state index < -0.39 is 17.2 Å². The van der Waals surface area contributed by atoms with Crippen molar-refractivity contribution in [3.05, 3.63) is 39.9 Å². The summed E-state index contributed by atoms with van der Waals surface area (Å²) in [7, 11) is 0.